The van der Waals surface area contributed by atoms with Crippen LogP contribution in [0.25, 0.3) is 22.2 Å². The number of benzene rings is 2. The standard InChI is InChI=1S/C28H33N3O4/c1-28(2,3)35-27(33)31-22-10-8-18(17-30-12-6-5-7-13-30)14-19(22)15-23(31)20-9-11-24(34-4)21-16-29-26(32)25(20)21/h8-11,14-15H,5-7,12-13,16-17H2,1-4H3,(H,29,32). The number of ether oxygens (including phenoxy) is 2. The van der Waals surface area contributed by atoms with Crippen LogP contribution in [0.15, 0.2) is 36.4 Å². The Bertz CT molecular complexity index is 1300. The molecule has 3 heterocycles. The maximum atomic E-state index is 13.4. The Morgan fingerprint density at radius 2 is 1.83 bits per heavy atom. The molecule has 0 bridgehead atoms. The molecule has 7 nitrogen and oxygen atoms in total. The Morgan fingerprint density at radius 3 is 2.54 bits per heavy atom. The number of hydrogen-bond acceptors (Lipinski definition) is 5. The zero-order valence-electron chi connectivity index (χ0n) is 20.9. The van der Waals surface area contributed by atoms with E-state index in [0.29, 0.717) is 29.1 Å². The number of amides is 1. The summed E-state index contributed by atoms with van der Waals surface area (Å²) in [4.78, 5) is 28.8. The molecular weight excluding hydrogens is 442 g/mol. The summed E-state index contributed by atoms with van der Waals surface area (Å²) < 4.78 is 12.9. The van der Waals surface area contributed by atoms with Crippen molar-refractivity contribution in [3.05, 3.63) is 53.1 Å². The van der Waals surface area contributed by atoms with Crippen molar-refractivity contribution in [2.45, 2.75) is 58.7 Å². The number of carbonyl (C=O) groups excluding carboxylic acids is 2. The third-order valence-corrected chi connectivity index (χ3v) is 6.72. The lowest BCUT2D eigenvalue weighted by Gasteiger charge is -2.26. The number of likely N-dealkylation sites (tertiary alicyclic amines) is 1. The number of rotatable bonds is 4. The van der Waals surface area contributed by atoms with Gasteiger partial charge in [0.2, 0.25) is 0 Å². The van der Waals surface area contributed by atoms with Crippen molar-refractivity contribution in [1.82, 2.24) is 14.8 Å². The number of carbonyl (C=O) groups is 2. The molecule has 0 radical (unpaired) electrons. The van der Waals surface area contributed by atoms with Gasteiger partial charge >= 0.3 is 6.09 Å². The average Bonchev–Trinajstić information content (AvgIpc) is 3.39. The third kappa shape index (κ3) is 4.52. The van der Waals surface area contributed by atoms with E-state index in [1.807, 2.05) is 45.0 Å². The SMILES string of the molecule is COc1ccc(-c2cc3cc(CN4CCCCC4)ccc3n2C(=O)OC(C)(C)C)c2c1CNC2=O. The largest absolute Gasteiger partial charge is 0.496 e. The summed E-state index contributed by atoms with van der Waals surface area (Å²) in [5.41, 5.74) is 4.01. The maximum absolute atomic E-state index is 13.4. The first-order valence-corrected chi connectivity index (χ1v) is 12.3. The van der Waals surface area contributed by atoms with E-state index in [1.165, 1.54) is 24.8 Å². The molecule has 0 aliphatic carbocycles. The van der Waals surface area contributed by atoms with E-state index in [-0.39, 0.29) is 5.91 Å². The van der Waals surface area contributed by atoms with Crippen LogP contribution < -0.4 is 10.1 Å². The lowest BCUT2D eigenvalue weighted by Crippen LogP contribution is -2.29. The summed E-state index contributed by atoms with van der Waals surface area (Å²) >= 11 is 0. The third-order valence-electron chi connectivity index (χ3n) is 6.72. The molecule has 0 unspecified atom stereocenters. The van der Waals surface area contributed by atoms with E-state index >= 15 is 0 Å². The second-order valence-electron chi connectivity index (χ2n) is 10.4. The minimum atomic E-state index is -0.654. The van der Waals surface area contributed by atoms with Crippen LogP contribution in [0.4, 0.5) is 4.79 Å². The fourth-order valence-corrected chi connectivity index (χ4v) is 5.17. The number of methoxy groups -OCH3 is 1. The summed E-state index contributed by atoms with van der Waals surface area (Å²) in [6.45, 7) is 9.09. The number of nitrogens with zero attached hydrogens (tertiary/aromatic N) is 2. The Balaban J connectivity index is 1.65. The molecule has 1 N–H and O–H groups in total. The van der Waals surface area contributed by atoms with Crippen molar-refractivity contribution in [2.24, 2.45) is 0 Å². The topological polar surface area (TPSA) is 72.8 Å². The van der Waals surface area contributed by atoms with Gasteiger partial charge in [0.25, 0.3) is 5.91 Å². The van der Waals surface area contributed by atoms with E-state index in [9.17, 15) is 9.59 Å². The first-order valence-electron chi connectivity index (χ1n) is 12.3. The zero-order valence-corrected chi connectivity index (χ0v) is 20.9. The summed E-state index contributed by atoms with van der Waals surface area (Å²) in [6.07, 6.45) is 3.32. The highest BCUT2D eigenvalue weighted by Gasteiger charge is 2.30. The molecular formula is C28H33N3O4. The second-order valence-corrected chi connectivity index (χ2v) is 10.4. The Kier molecular flexibility index (Phi) is 6.05. The number of fused-ring (bicyclic) bond motifs is 2. The van der Waals surface area contributed by atoms with Gasteiger partial charge in [-0.05, 0) is 82.6 Å². The van der Waals surface area contributed by atoms with E-state index in [4.69, 9.17) is 9.47 Å². The molecule has 2 aromatic carbocycles. The highest BCUT2D eigenvalue weighted by atomic mass is 16.6. The molecule has 2 aliphatic rings. The van der Waals surface area contributed by atoms with Crippen LogP contribution in [0.3, 0.4) is 0 Å². The quantitative estimate of drug-likeness (QED) is 0.552. The minimum Gasteiger partial charge on any atom is -0.496 e. The van der Waals surface area contributed by atoms with Crippen LogP contribution in [-0.2, 0) is 17.8 Å². The molecule has 7 heteroatoms. The van der Waals surface area contributed by atoms with Crippen LogP contribution in [0.5, 0.6) is 5.75 Å². The van der Waals surface area contributed by atoms with Crippen LogP contribution in [0.2, 0.25) is 0 Å². The zero-order chi connectivity index (χ0) is 24.7. The van der Waals surface area contributed by atoms with Gasteiger partial charge in [0, 0.05) is 29.6 Å². The van der Waals surface area contributed by atoms with Gasteiger partial charge in [-0.2, -0.15) is 0 Å². The van der Waals surface area contributed by atoms with Crippen molar-refractivity contribution in [3.63, 3.8) is 0 Å². The lowest BCUT2D eigenvalue weighted by molar-refractivity contribution is 0.0547. The highest BCUT2D eigenvalue weighted by molar-refractivity contribution is 6.07. The summed E-state index contributed by atoms with van der Waals surface area (Å²) in [6, 6.07) is 11.9. The molecule has 5 rings (SSSR count). The average molecular weight is 476 g/mol. The smallest absolute Gasteiger partial charge is 0.419 e. The maximum Gasteiger partial charge on any atom is 0.419 e. The number of piperidine rings is 1. The minimum absolute atomic E-state index is 0.166. The number of nitrogens with one attached hydrogen (secondary N) is 1. The van der Waals surface area contributed by atoms with Crippen molar-refractivity contribution >= 4 is 22.9 Å². The summed E-state index contributed by atoms with van der Waals surface area (Å²) in [5, 5.41) is 3.84. The monoisotopic (exact) mass is 475 g/mol. The van der Waals surface area contributed by atoms with Gasteiger partial charge in [-0.25, -0.2) is 9.36 Å². The van der Waals surface area contributed by atoms with Gasteiger partial charge in [-0.15, -0.1) is 0 Å². The Morgan fingerprint density at radius 1 is 1.06 bits per heavy atom. The predicted molar refractivity (Wildman–Crippen MR) is 136 cm³/mol. The molecule has 3 aromatic rings. The van der Waals surface area contributed by atoms with Crippen LogP contribution in [0, 0.1) is 0 Å². The molecule has 1 amide bonds. The molecule has 35 heavy (non-hydrogen) atoms. The normalized spacial score (nSPS) is 16.3. The fourth-order valence-electron chi connectivity index (χ4n) is 5.17. The molecule has 1 aromatic heterocycles. The van der Waals surface area contributed by atoms with Crippen LogP contribution >= 0.6 is 0 Å². The van der Waals surface area contributed by atoms with Gasteiger partial charge < -0.3 is 14.8 Å². The van der Waals surface area contributed by atoms with Crippen LogP contribution in [-0.4, -0.2) is 47.3 Å². The first kappa shape index (κ1) is 23.4. The predicted octanol–water partition coefficient (Wildman–Crippen LogP) is 5.33. The summed E-state index contributed by atoms with van der Waals surface area (Å²) in [7, 11) is 1.60. The fraction of sp³-hybridized carbons (Fsp3) is 0.429. The van der Waals surface area contributed by atoms with Gasteiger partial charge in [-0.1, -0.05) is 12.5 Å². The second kappa shape index (κ2) is 9.04. The Labute approximate surface area is 206 Å². The molecule has 0 spiro atoms. The van der Waals surface area contributed by atoms with Crippen molar-refractivity contribution in [1.29, 1.82) is 0 Å². The van der Waals surface area contributed by atoms with Crippen LogP contribution in [0.1, 0.15) is 61.5 Å². The number of aromatic nitrogens is 1. The Hall–Kier alpha value is -3.32. The van der Waals surface area contributed by atoms with Gasteiger partial charge in [0.15, 0.2) is 0 Å². The van der Waals surface area contributed by atoms with Crippen molar-refractivity contribution < 1.29 is 19.1 Å². The molecule has 0 atom stereocenters. The first-order chi connectivity index (χ1) is 16.7. The summed E-state index contributed by atoms with van der Waals surface area (Å²) in [5.74, 6) is 0.492. The van der Waals surface area contributed by atoms with E-state index in [0.717, 1.165) is 36.1 Å². The van der Waals surface area contributed by atoms with Crippen molar-refractivity contribution in [3.8, 4) is 17.0 Å². The van der Waals surface area contributed by atoms with Gasteiger partial charge in [0.05, 0.1) is 23.9 Å². The van der Waals surface area contributed by atoms with E-state index in [1.54, 1.807) is 11.7 Å². The lowest BCUT2D eigenvalue weighted by atomic mass is 9.99. The highest BCUT2D eigenvalue weighted by Crippen LogP contribution is 2.38. The van der Waals surface area contributed by atoms with Gasteiger partial charge in [-0.3, -0.25) is 9.69 Å². The molecule has 1 saturated heterocycles. The molecule has 0 saturated carbocycles. The van der Waals surface area contributed by atoms with E-state index < -0.39 is 11.7 Å². The van der Waals surface area contributed by atoms with Crippen molar-refractivity contribution in [2.75, 3.05) is 20.2 Å². The van der Waals surface area contributed by atoms with E-state index in [2.05, 4.69) is 22.3 Å². The number of hydrogen-bond donors (Lipinski definition) is 1. The molecule has 1 fully saturated rings. The van der Waals surface area contributed by atoms with Gasteiger partial charge in [0.1, 0.15) is 11.4 Å². The molecule has 184 valence electrons. The molecule has 2 aliphatic heterocycles.